The van der Waals surface area contributed by atoms with Crippen LogP contribution in [0.15, 0.2) is 16.3 Å². The maximum absolute atomic E-state index is 11.9. The fourth-order valence-corrected chi connectivity index (χ4v) is 3.66. The van der Waals surface area contributed by atoms with Gasteiger partial charge in [0.15, 0.2) is 5.82 Å². The first-order valence-corrected chi connectivity index (χ1v) is 7.42. The van der Waals surface area contributed by atoms with Gasteiger partial charge in [0.05, 0.1) is 6.54 Å². The van der Waals surface area contributed by atoms with Crippen molar-refractivity contribution in [1.29, 1.82) is 0 Å². The van der Waals surface area contributed by atoms with Crippen molar-refractivity contribution < 1.29 is 8.42 Å². The Morgan fingerprint density at radius 2 is 2.28 bits per heavy atom. The molecule has 0 radical (unpaired) electrons. The third kappa shape index (κ3) is 3.10. The molecule has 10 heteroatoms. The molecule has 0 amide bonds. The summed E-state index contributed by atoms with van der Waals surface area (Å²) in [5, 5.41) is 12.9. The Morgan fingerprint density at radius 1 is 1.44 bits per heavy atom. The molecule has 0 fully saturated rings. The Hall–Kier alpha value is -1.36. The second-order valence-corrected chi connectivity index (χ2v) is 6.57. The number of nitrogens with one attached hydrogen (secondary N) is 2. The average molecular weight is 288 g/mol. The van der Waals surface area contributed by atoms with E-state index in [0.717, 1.165) is 4.88 Å². The molecule has 2 aromatic heterocycles. The number of nitrogens with two attached hydrogens (primary N) is 1. The first-order chi connectivity index (χ1) is 8.62. The third-order valence-corrected chi connectivity index (χ3v) is 5.14. The smallest absolute Gasteiger partial charge is 0.250 e. The fraction of sp³-hybridized carbons (Fsp3) is 0.375. The van der Waals surface area contributed by atoms with Gasteiger partial charge in [-0.15, -0.1) is 21.5 Å². The van der Waals surface area contributed by atoms with Crippen LogP contribution in [0.4, 0.5) is 0 Å². The molecule has 0 aliphatic rings. The van der Waals surface area contributed by atoms with E-state index >= 15 is 0 Å². The van der Waals surface area contributed by atoms with Gasteiger partial charge in [-0.1, -0.05) is 5.21 Å². The number of aromatic amines is 1. The molecule has 18 heavy (non-hydrogen) atoms. The maximum Gasteiger partial charge on any atom is 0.250 e. The zero-order valence-electron chi connectivity index (χ0n) is 9.33. The first-order valence-electron chi connectivity index (χ1n) is 5.12. The Balaban J connectivity index is 2.05. The van der Waals surface area contributed by atoms with Gasteiger partial charge >= 0.3 is 0 Å². The van der Waals surface area contributed by atoms with Crippen LogP contribution in [-0.2, 0) is 23.0 Å². The lowest BCUT2D eigenvalue weighted by Crippen LogP contribution is -2.23. The number of rotatable bonds is 6. The van der Waals surface area contributed by atoms with Crippen molar-refractivity contribution in [2.75, 3.05) is 6.54 Å². The molecule has 0 atom stereocenters. The minimum absolute atomic E-state index is 0.00293. The second kappa shape index (κ2) is 5.52. The molecular weight excluding hydrogens is 276 g/mol. The number of sulfonamides is 1. The predicted octanol–water partition coefficient (Wildman–Crippen LogP) is -0.759. The van der Waals surface area contributed by atoms with Gasteiger partial charge in [-0.05, 0) is 25.1 Å². The van der Waals surface area contributed by atoms with Crippen LogP contribution < -0.4 is 10.5 Å². The van der Waals surface area contributed by atoms with Crippen molar-refractivity contribution in [2.24, 2.45) is 5.73 Å². The van der Waals surface area contributed by atoms with Crippen molar-refractivity contribution >= 4 is 21.4 Å². The Kier molecular flexibility index (Phi) is 4.01. The number of thiophene rings is 1. The van der Waals surface area contributed by atoms with E-state index in [0.29, 0.717) is 13.0 Å². The second-order valence-electron chi connectivity index (χ2n) is 3.41. The highest BCUT2D eigenvalue weighted by Crippen LogP contribution is 2.21. The molecule has 8 nitrogen and oxygen atoms in total. The van der Waals surface area contributed by atoms with E-state index in [4.69, 9.17) is 5.73 Å². The molecule has 4 N–H and O–H groups in total. The van der Waals surface area contributed by atoms with E-state index in [1.807, 2.05) is 0 Å². The number of H-pyrrole nitrogens is 1. The molecule has 2 heterocycles. The minimum atomic E-state index is -3.53. The summed E-state index contributed by atoms with van der Waals surface area (Å²) in [6.45, 7) is 0.499. The Labute approximate surface area is 108 Å². The van der Waals surface area contributed by atoms with Crippen LogP contribution in [0.3, 0.4) is 0 Å². The van der Waals surface area contributed by atoms with E-state index < -0.39 is 10.0 Å². The van der Waals surface area contributed by atoms with Gasteiger partial charge in [0, 0.05) is 4.88 Å². The van der Waals surface area contributed by atoms with E-state index in [9.17, 15) is 8.42 Å². The van der Waals surface area contributed by atoms with E-state index in [1.165, 1.54) is 11.3 Å². The summed E-state index contributed by atoms with van der Waals surface area (Å²) in [5.74, 6) is 0.289. The van der Waals surface area contributed by atoms with Gasteiger partial charge in [-0.2, -0.15) is 5.21 Å². The summed E-state index contributed by atoms with van der Waals surface area (Å²) >= 11 is 1.21. The molecule has 0 saturated carbocycles. The summed E-state index contributed by atoms with van der Waals surface area (Å²) < 4.78 is 26.5. The molecule has 2 aromatic rings. The highest BCUT2D eigenvalue weighted by Gasteiger charge is 2.17. The molecule has 2 rings (SSSR count). The first kappa shape index (κ1) is 13.1. The summed E-state index contributed by atoms with van der Waals surface area (Å²) in [7, 11) is -3.53. The highest BCUT2D eigenvalue weighted by atomic mass is 32.2. The topological polar surface area (TPSA) is 127 Å². The molecule has 98 valence electrons. The van der Waals surface area contributed by atoms with Gasteiger partial charge < -0.3 is 5.73 Å². The number of hydrogen-bond acceptors (Lipinski definition) is 7. The standard InChI is InChI=1S/C8H12N6O2S2/c9-4-3-6-1-2-8(17-6)18(15,16)10-5-7-11-13-14-12-7/h1-2,10H,3-5,9H2,(H,11,12,13,14). The van der Waals surface area contributed by atoms with Crippen molar-refractivity contribution in [1.82, 2.24) is 25.3 Å². The molecule has 0 saturated heterocycles. The number of nitrogens with zero attached hydrogens (tertiary/aromatic N) is 3. The lowest BCUT2D eigenvalue weighted by molar-refractivity contribution is 0.581. The number of aromatic nitrogens is 4. The quantitative estimate of drug-likeness (QED) is 0.641. The SMILES string of the molecule is NCCc1ccc(S(=O)(=O)NCc2nn[nH]n2)s1. The van der Waals surface area contributed by atoms with Crippen LogP contribution in [0, 0.1) is 0 Å². The summed E-state index contributed by atoms with van der Waals surface area (Å²) in [4.78, 5) is 0.942. The van der Waals surface area contributed by atoms with Crippen LogP contribution >= 0.6 is 11.3 Å². The monoisotopic (exact) mass is 288 g/mol. The van der Waals surface area contributed by atoms with Gasteiger partial charge in [-0.3, -0.25) is 0 Å². The molecule has 0 aliphatic heterocycles. The minimum Gasteiger partial charge on any atom is -0.330 e. The van der Waals surface area contributed by atoms with Gasteiger partial charge in [0.1, 0.15) is 4.21 Å². The molecule has 0 aromatic carbocycles. The van der Waals surface area contributed by atoms with Crippen LogP contribution in [0.1, 0.15) is 10.7 Å². The van der Waals surface area contributed by atoms with Crippen LogP contribution in [0.5, 0.6) is 0 Å². The van der Waals surface area contributed by atoms with Gasteiger partial charge in [-0.25, -0.2) is 13.1 Å². The lowest BCUT2D eigenvalue weighted by Gasteiger charge is -2.01. The van der Waals surface area contributed by atoms with Crippen molar-refractivity contribution in [2.45, 2.75) is 17.2 Å². The van der Waals surface area contributed by atoms with Gasteiger partial charge in [0.25, 0.3) is 0 Å². The summed E-state index contributed by atoms with van der Waals surface area (Å²) in [6.07, 6.45) is 0.672. The van der Waals surface area contributed by atoms with E-state index in [1.54, 1.807) is 12.1 Å². The Morgan fingerprint density at radius 3 is 2.94 bits per heavy atom. The normalized spacial score (nSPS) is 11.8. The molecular formula is C8H12N6O2S2. The number of hydrogen-bond donors (Lipinski definition) is 3. The fourth-order valence-electron chi connectivity index (χ4n) is 1.27. The van der Waals surface area contributed by atoms with Crippen molar-refractivity contribution in [3.8, 4) is 0 Å². The molecule has 0 spiro atoms. The molecule has 0 unspecified atom stereocenters. The molecule has 0 bridgehead atoms. The molecule has 0 aliphatic carbocycles. The highest BCUT2D eigenvalue weighted by molar-refractivity contribution is 7.91. The third-order valence-electron chi connectivity index (χ3n) is 2.10. The maximum atomic E-state index is 11.9. The van der Waals surface area contributed by atoms with Gasteiger partial charge in [0.2, 0.25) is 10.0 Å². The Bertz CT molecular complexity index is 591. The van der Waals surface area contributed by atoms with Crippen molar-refractivity contribution in [3.05, 3.63) is 22.8 Å². The predicted molar refractivity (Wildman–Crippen MR) is 65.3 cm³/mol. The van der Waals surface area contributed by atoms with E-state index in [2.05, 4.69) is 25.3 Å². The van der Waals surface area contributed by atoms with E-state index in [-0.39, 0.29) is 16.6 Å². The summed E-state index contributed by atoms with van der Waals surface area (Å²) in [6, 6.07) is 3.33. The van der Waals surface area contributed by atoms with Crippen LogP contribution in [-0.4, -0.2) is 35.6 Å². The average Bonchev–Trinajstić information content (AvgIpc) is 2.98. The zero-order valence-corrected chi connectivity index (χ0v) is 11.0. The number of tetrazole rings is 1. The van der Waals surface area contributed by atoms with Crippen LogP contribution in [0.25, 0.3) is 0 Å². The largest absolute Gasteiger partial charge is 0.330 e. The van der Waals surface area contributed by atoms with Crippen molar-refractivity contribution in [3.63, 3.8) is 0 Å². The lowest BCUT2D eigenvalue weighted by atomic mass is 10.3. The zero-order chi connectivity index (χ0) is 13.0. The van der Waals surface area contributed by atoms with Crippen LogP contribution in [0.2, 0.25) is 0 Å². The summed E-state index contributed by atoms with van der Waals surface area (Å²) in [5.41, 5.74) is 5.42.